The molecule has 2 aromatic rings. The SMILES string of the molecule is CC(C)(C)c1ccc2[nH]c(C(=O)NC(CO)C(C)(C)C)cc2c1. The smallest absolute Gasteiger partial charge is 0.268 e. The lowest BCUT2D eigenvalue weighted by Crippen LogP contribution is -2.46. The van der Waals surface area contributed by atoms with E-state index >= 15 is 0 Å². The molecular weight excluding hydrogens is 288 g/mol. The standard InChI is InChI=1S/C19H28N2O2/c1-18(2,3)13-7-8-14-12(9-13)10-15(20-14)17(23)21-16(11-22)19(4,5)6/h7-10,16,20,22H,11H2,1-6H3,(H,21,23). The Labute approximate surface area is 138 Å². The summed E-state index contributed by atoms with van der Waals surface area (Å²) in [5.74, 6) is -0.188. The van der Waals surface area contributed by atoms with E-state index < -0.39 is 0 Å². The molecule has 1 heterocycles. The van der Waals surface area contributed by atoms with Crippen LogP contribution >= 0.6 is 0 Å². The number of aromatic nitrogens is 1. The number of hydrogen-bond donors (Lipinski definition) is 3. The van der Waals surface area contributed by atoms with E-state index in [0.717, 1.165) is 10.9 Å². The van der Waals surface area contributed by atoms with Crippen LogP contribution < -0.4 is 5.32 Å². The van der Waals surface area contributed by atoms with Crippen LogP contribution in [-0.4, -0.2) is 28.6 Å². The van der Waals surface area contributed by atoms with Gasteiger partial charge >= 0.3 is 0 Å². The first kappa shape index (κ1) is 17.5. The summed E-state index contributed by atoms with van der Waals surface area (Å²) in [6, 6.07) is 7.81. The molecule has 0 radical (unpaired) electrons. The molecule has 2 rings (SSSR count). The van der Waals surface area contributed by atoms with Gasteiger partial charge in [-0.05, 0) is 34.6 Å². The number of aliphatic hydroxyl groups excluding tert-OH is 1. The summed E-state index contributed by atoms with van der Waals surface area (Å²) in [5.41, 5.74) is 2.57. The fourth-order valence-corrected chi connectivity index (χ4v) is 2.49. The first-order valence-electron chi connectivity index (χ1n) is 8.07. The second-order valence-electron chi connectivity index (χ2n) is 8.31. The molecule has 0 spiro atoms. The van der Waals surface area contributed by atoms with Crippen molar-refractivity contribution in [2.45, 2.75) is 53.0 Å². The normalized spacial score (nSPS) is 14.0. The molecular formula is C19H28N2O2. The molecule has 1 unspecified atom stereocenters. The number of rotatable bonds is 3. The Morgan fingerprint density at radius 2 is 1.83 bits per heavy atom. The van der Waals surface area contributed by atoms with Crippen molar-refractivity contribution in [3.05, 3.63) is 35.5 Å². The Hall–Kier alpha value is -1.81. The van der Waals surface area contributed by atoms with Crippen LogP contribution in [0.1, 0.15) is 57.6 Å². The molecule has 126 valence electrons. The van der Waals surface area contributed by atoms with Crippen molar-refractivity contribution in [1.82, 2.24) is 10.3 Å². The average molecular weight is 316 g/mol. The molecule has 0 aliphatic heterocycles. The highest BCUT2D eigenvalue weighted by Crippen LogP contribution is 2.26. The summed E-state index contributed by atoms with van der Waals surface area (Å²) in [7, 11) is 0. The van der Waals surface area contributed by atoms with Crippen molar-refractivity contribution in [2.75, 3.05) is 6.61 Å². The zero-order valence-corrected chi connectivity index (χ0v) is 14.9. The zero-order valence-electron chi connectivity index (χ0n) is 14.9. The predicted octanol–water partition coefficient (Wildman–Crippen LogP) is 3.60. The first-order chi connectivity index (χ1) is 10.5. The van der Waals surface area contributed by atoms with Gasteiger partial charge in [0, 0.05) is 10.9 Å². The van der Waals surface area contributed by atoms with Crippen molar-refractivity contribution in [3.63, 3.8) is 0 Å². The highest BCUT2D eigenvalue weighted by molar-refractivity contribution is 5.98. The van der Waals surface area contributed by atoms with E-state index in [4.69, 9.17) is 0 Å². The summed E-state index contributed by atoms with van der Waals surface area (Å²) < 4.78 is 0. The minimum absolute atomic E-state index is 0.0715. The summed E-state index contributed by atoms with van der Waals surface area (Å²) in [5, 5.41) is 13.4. The molecule has 1 atom stereocenters. The Morgan fingerprint density at radius 1 is 1.17 bits per heavy atom. The minimum atomic E-state index is -0.286. The van der Waals surface area contributed by atoms with E-state index in [2.05, 4.69) is 43.2 Å². The topological polar surface area (TPSA) is 65.1 Å². The number of carbonyl (C=O) groups excluding carboxylic acids is 1. The summed E-state index contributed by atoms with van der Waals surface area (Å²) in [6.07, 6.45) is 0. The summed E-state index contributed by atoms with van der Waals surface area (Å²) in [6.45, 7) is 12.4. The van der Waals surface area contributed by atoms with Crippen molar-refractivity contribution in [1.29, 1.82) is 0 Å². The Balaban J connectivity index is 2.28. The van der Waals surface area contributed by atoms with E-state index in [1.54, 1.807) is 0 Å². The van der Waals surface area contributed by atoms with Crippen LogP contribution in [0.4, 0.5) is 0 Å². The van der Waals surface area contributed by atoms with Crippen molar-refractivity contribution in [3.8, 4) is 0 Å². The molecule has 3 N–H and O–H groups in total. The zero-order chi connectivity index (χ0) is 17.4. The molecule has 0 aliphatic carbocycles. The third-order valence-electron chi connectivity index (χ3n) is 4.26. The maximum absolute atomic E-state index is 12.5. The number of fused-ring (bicyclic) bond motifs is 1. The average Bonchev–Trinajstić information content (AvgIpc) is 2.85. The van der Waals surface area contributed by atoms with Gasteiger partial charge in [-0.15, -0.1) is 0 Å². The molecule has 4 nitrogen and oxygen atoms in total. The number of H-pyrrole nitrogens is 1. The van der Waals surface area contributed by atoms with Crippen LogP contribution in [0, 0.1) is 5.41 Å². The number of aromatic amines is 1. The number of benzene rings is 1. The van der Waals surface area contributed by atoms with Gasteiger partial charge in [0.05, 0.1) is 12.6 Å². The minimum Gasteiger partial charge on any atom is -0.394 e. The first-order valence-corrected chi connectivity index (χ1v) is 8.07. The number of nitrogens with one attached hydrogen (secondary N) is 2. The highest BCUT2D eigenvalue weighted by Gasteiger charge is 2.26. The van der Waals surface area contributed by atoms with E-state index in [0.29, 0.717) is 5.69 Å². The molecule has 1 amide bonds. The van der Waals surface area contributed by atoms with Gasteiger partial charge in [0.1, 0.15) is 5.69 Å². The lowest BCUT2D eigenvalue weighted by atomic mass is 9.86. The lowest BCUT2D eigenvalue weighted by molar-refractivity contribution is 0.0844. The molecule has 0 saturated carbocycles. The largest absolute Gasteiger partial charge is 0.394 e. The van der Waals surface area contributed by atoms with Crippen molar-refractivity contribution < 1.29 is 9.90 Å². The van der Waals surface area contributed by atoms with Gasteiger partial charge in [-0.1, -0.05) is 47.6 Å². The van der Waals surface area contributed by atoms with E-state index in [9.17, 15) is 9.90 Å². The fourth-order valence-electron chi connectivity index (χ4n) is 2.49. The third kappa shape index (κ3) is 3.94. The number of amides is 1. The lowest BCUT2D eigenvalue weighted by Gasteiger charge is -2.29. The highest BCUT2D eigenvalue weighted by atomic mass is 16.3. The van der Waals surface area contributed by atoms with Gasteiger partial charge in [-0.2, -0.15) is 0 Å². The van der Waals surface area contributed by atoms with Gasteiger partial charge in [0.15, 0.2) is 0 Å². The number of aliphatic hydroxyl groups is 1. The Kier molecular flexibility index (Phi) is 4.58. The number of hydrogen-bond acceptors (Lipinski definition) is 2. The molecule has 1 aromatic heterocycles. The van der Waals surface area contributed by atoms with Gasteiger partial charge in [-0.25, -0.2) is 0 Å². The summed E-state index contributed by atoms with van der Waals surface area (Å²) in [4.78, 5) is 15.6. The van der Waals surface area contributed by atoms with Gasteiger partial charge in [0.25, 0.3) is 5.91 Å². The molecule has 4 heteroatoms. The quantitative estimate of drug-likeness (QED) is 0.810. The van der Waals surface area contributed by atoms with E-state index in [1.807, 2.05) is 32.9 Å². The molecule has 0 saturated heterocycles. The van der Waals surface area contributed by atoms with Crippen LogP contribution in [0.3, 0.4) is 0 Å². The maximum atomic E-state index is 12.5. The second kappa shape index (κ2) is 6.00. The van der Waals surface area contributed by atoms with Gasteiger partial charge in [-0.3, -0.25) is 4.79 Å². The molecule has 23 heavy (non-hydrogen) atoms. The number of carbonyl (C=O) groups is 1. The van der Waals surface area contributed by atoms with Crippen LogP contribution in [0.15, 0.2) is 24.3 Å². The molecule has 0 bridgehead atoms. The van der Waals surface area contributed by atoms with Gasteiger partial charge in [0.2, 0.25) is 0 Å². The summed E-state index contributed by atoms with van der Waals surface area (Å²) >= 11 is 0. The van der Waals surface area contributed by atoms with E-state index in [1.165, 1.54) is 5.56 Å². The Bertz CT molecular complexity index is 702. The fraction of sp³-hybridized carbons (Fsp3) is 0.526. The molecule has 0 fully saturated rings. The Morgan fingerprint density at radius 3 is 2.35 bits per heavy atom. The van der Waals surface area contributed by atoms with E-state index in [-0.39, 0.29) is 29.4 Å². The monoisotopic (exact) mass is 316 g/mol. The maximum Gasteiger partial charge on any atom is 0.268 e. The molecule has 0 aliphatic rings. The van der Waals surface area contributed by atoms with Crippen molar-refractivity contribution >= 4 is 16.8 Å². The third-order valence-corrected chi connectivity index (χ3v) is 4.26. The molecule has 1 aromatic carbocycles. The van der Waals surface area contributed by atoms with Crippen LogP contribution in [0.2, 0.25) is 0 Å². The van der Waals surface area contributed by atoms with Crippen molar-refractivity contribution in [2.24, 2.45) is 5.41 Å². The predicted molar refractivity (Wildman–Crippen MR) is 94.8 cm³/mol. The van der Waals surface area contributed by atoms with Crippen LogP contribution in [-0.2, 0) is 5.41 Å². The van der Waals surface area contributed by atoms with Crippen LogP contribution in [0.25, 0.3) is 10.9 Å². The second-order valence-corrected chi connectivity index (χ2v) is 8.31. The van der Waals surface area contributed by atoms with Crippen LogP contribution in [0.5, 0.6) is 0 Å². The van der Waals surface area contributed by atoms with Gasteiger partial charge < -0.3 is 15.4 Å².